The van der Waals surface area contributed by atoms with Crippen LogP contribution in [0.15, 0.2) is 34.1 Å². The minimum atomic E-state index is 0.0224. The standard InChI is InChI=1S/C13H13BrN2OS/c1-3-16(9(2)17)13-15-12(8-18-13)10-4-6-11(14)7-5-10/h4-8H,3H2,1-2H3. The summed E-state index contributed by atoms with van der Waals surface area (Å²) in [6.45, 7) is 4.15. The summed E-state index contributed by atoms with van der Waals surface area (Å²) in [5.74, 6) is 0.0224. The van der Waals surface area contributed by atoms with Crippen molar-refractivity contribution in [3.63, 3.8) is 0 Å². The van der Waals surface area contributed by atoms with Gasteiger partial charge in [0.05, 0.1) is 5.69 Å². The van der Waals surface area contributed by atoms with Crippen LogP contribution in [0.2, 0.25) is 0 Å². The fourth-order valence-electron chi connectivity index (χ4n) is 1.63. The Morgan fingerprint density at radius 2 is 2.06 bits per heavy atom. The fraction of sp³-hybridized carbons (Fsp3) is 0.231. The molecule has 1 amide bonds. The normalized spacial score (nSPS) is 10.4. The highest BCUT2D eigenvalue weighted by molar-refractivity contribution is 9.10. The molecule has 18 heavy (non-hydrogen) atoms. The number of carbonyl (C=O) groups is 1. The van der Waals surface area contributed by atoms with E-state index in [1.54, 1.807) is 11.8 Å². The summed E-state index contributed by atoms with van der Waals surface area (Å²) in [5.41, 5.74) is 1.96. The number of amides is 1. The Kier molecular flexibility index (Phi) is 4.14. The average Bonchev–Trinajstić information content (AvgIpc) is 2.80. The summed E-state index contributed by atoms with van der Waals surface area (Å²) < 4.78 is 1.04. The van der Waals surface area contributed by atoms with Crippen LogP contribution in [0, 0.1) is 0 Å². The number of carbonyl (C=O) groups excluding carboxylic acids is 1. The molecule has 2 rings (SSSR count). The third-order valence-electron chi connectivity index (χ3n) is 2.56. The first-order valence-corrected chi connectivity index (χ1v) is 7.28. The third kappa shape index (κ3) is 2.79. The number of benzene rings is 1. The molecule has 0 bridgehead atoms. The van der Waals surface area contributed by atoms with Crippen LogP contribution in [0.5, 0.6) is 0 Å². The van der Waals surface area contributed by atoms with Gasteiger partial charge in [0.2, 0.25) is 5.91 Å². The van der Waals surface area contributed by atoms with E-state index in [-0.39, 0.29) is 5.91 Å². The first-order chi connectivity index (χ1) is 8.61. The second-order valence-corrected chi connectivity index (χ2v) is 5.54. The molecule has 0 spiro atoms. The molecular weight excluding hydrogens is 312 g/mol. The Bertz CT molecular complexity index is 550. The average molecular weight is 325 g/mol. The molecule has 1 aromatic carbocycles. The van der Waals surface area contributed by atoms with Crippen molar-refractivity contribution in [2.24, 2.45) is 0 Å². The highest BCUT2D eigenvalue weighted by Crippen LogP contribution is 2.28. The van der Waals surface area contributed by atoms with Crippen LogP contribution >= 0.6 is 27.3 Å². The van der Waals surface area contributed by atoms with Gasteiger partial charge in [-0.1, -0.05) is 28.1 Å². The fourth-order valence-corrected chi connectivity index (χ4v) is 2.84. The second kappa shape index (κ2) is 5.63. The summed E-state index contributed by atoms with van der Waals surface area (Å²) in [5, 5.41) is 2.73. The van der Waals surface area contributed by atoms with E-state index in [2.05, 4.69) is 20.9 Å². The molecule has 0 aliphatic rings. The van der Waals surface area contributed by atoms with E-state index < -0.39 is 0 Å². The lowest BCUT2D eigenvalue weighted by molar-refractivity contribution is -0.116. The lowest BCUT2D eigenvalue weighted by atomic mass is 10.2. The van der Waals surface area contributed by atoms with Gasteiger partial charge in [0.25, 0.3) is 0 Å². The lowest BCUT2D eigenvalue weighted by Crippen LogP contribution is -2.27. The Hall–Kier alpha value is -1.20. The summed E-state index contributed by atoms with van der Waals surface area (Å²) in [6, 6.07) is 7.98. The van der Waals surface area contributed by atoms with Crippen LogP contribution < -0.4 is 4.90 Å². The van der Waals surface area contributed by atoms with Gasteiger partial charge >= 0.3 is 0 Å². The Balaban J connectivity index is 2.30. The zero-order valence-corrected chi connectivity index (χ0v) is 12.6. The molecular formula is C13H13BrN2OS. The van der Waals surface area contributed by atoms with E-state index in [9.17, 15) is 4.79 Å². The molecule has 0 aliphatic carbocycles. The van der Waals surface area contributed by atoms with E-state index in [0.29, 0.717) is 6.54 Å². The number of halogens is 1. The maximum Gasteiger partial charge on any atom is 0.225 e. The predicted molar refractivity (Wildman–Crippen MR) is 79.0 cm³/mol. The molecule has 0 saturated heterocycles. The Morgan fingerprint density at radius 1 is 1.39 bits per heavy atom. The topological polar surface area (TPSA) is 33.2 Å². The van der Waals surface area contributed by atoms with E-state index in [0.717, 1.165) is 20.9 Å². The van der Waals surface area contributed by atoms with Gasteiger partial charge in [-0.15, -0.1) is 11.3 Å². The molecule has 2 aromatic rings. The number of thiazole rings is 1. The van der Waals surface area contributed by atoms with Crippen molar-refractivity contribution in [2.75, 3.05) is 11.4 Å². The van der Waals surface area contributed by atoms with Crippen molar-refractivity contribution in [3.05, 3.63) is 34.1 Å². The number of nitrogens with zero attached hydrogens (tertiary/aromatic N) is 2. The predicted octanol–water partition coefficient (Wildman–Crippen LogP) is 3.95. The molecule has 0 radical (unpaired) electrons. The highest BCUT2D eigenvalue weighted by atomic mass is 79.9. The minimum absolute atomic E-state index is 0.0224. The lowest BCUT2D eigenvalue weighted by Gasteiger charge is -2.14. The van der Waals surface area contributed by atoms with Gasteiger partial charge in [0.1, 0.15) is 0 Å². The molecule has 0 saturated carbocycles. The van der Waals surface area contributed by atoms with Gasteiger partial charge < -0.3 is 0 Å². The number of aromatic nitrogens is 1. The van der Waals surface area contributed by atoms with Crippen LogP contribution in [0.3, 0.4) is 0 Å². The summed E-state index contributed by atoms with van der Waals surface area (Å²) in [4.78, 5) is 17.6. The van der Waals surface area contributed by atoms with Gasteiger partial charge in [0, 0.05) is 28.9 Å². The summed E-state index contributed by atoms with van der Waals surface area (Å²) >= 11 is 4.90. The summed E-state index contributed by atoms with van der Waals surface area (Å²) in [7, 11) is 0. The first-order valence-electron chi connectivity index (χ1n) is 5.61. The quantitative estimate of drug-likeness (QED) is 0.856. The van der Waals surface area contributed by atoms with Crippen LogP contribution in [0.4, 0.5) is 5.13 Å². The molecule has 94 valence electrons. The van der Waals surface area contributed by atoms with Crippen LogP contribution in [0.1, 0.15) is 13.8 Å². The molecule has 5 heteroatoms. The Labute approximate surface area is 119 Å². The SMILES string of the molecule is CCN(C(C)=O)c1nc(-c2ccc(Br)cc2)cs1. The van der Waals surface area contributed by atoms with Gasteiger partial charge in [-0.2, -0.15) is 0 Å². The number of hydrogen-bond acceptors (Lipinski definition) is 3. The van der Waals surface area contributed by atoms with E-state index in [1.807, 2.05) is 36.6 Å². The van der Waals surface area contributed by atoms with Crippen LogP contribution in [-0.4, -0.2) is 17.4 Å². The minimum Gasteiger partial charge on any atom is -0.289 e. The third-order valence-corrected chi connectivity index (χ3v) is 3.95. The Morgan fingerprint density at radius 3 is 2.61 bits per heavy atom. The van der Waals surface area contributed by atoms with Crippen molar-refractivity contribution in [1.29, 1.82) is 0 Å². The number of rotatable bonds is 3. The van der Waals surface area contributed by atoms with Gasteiger partial charge in [-0.05, 0) is 19.1 Å². The van der Waals surface area contributed by atoms with Crippen molar-refractivity contribution >= 4 is 38.3 Å². The van der Waals surface area contributed by atoms with Gasteiger partial charge in [-0.25, -0.2) is 4.98 Å². The molecule has 3 nitrogen and oxygen atoms in total. The van der Waals surface area contributed by atoms with Crippen molar-refractivity contribution in [3.8, 4) is 11.3 Å². The van der Waals surface area contributed by atoms with E-state index in [4.69, 9.17) is 0 Å². The number of hydrogen-bond donors (Lipinski definition) is 0. The maximum atomic E-state index is 11.5. The van der Waals surface area contributed by atoms with Crippen LogP contribution in [0.25, 0.3) is 11.3 Å². The van der Waals surface area contributed by atoms with Crippen LogP contribution in [-0.2, 0) is 4.79 Å². The first kappa shape index (κ1) is 13.2. The number of anilines is 1. The maximum absolute atomic E-state index is 11.5. The molecule has 1 heterocycles. The van der Waals surface area contributed by atoms with Crippen molar-refractivity contribution in [2.45, 2.75) is 13.8 Å². The van der Waals surface area contributed by atoms with Gasteiger partial charge in [0.15, 0.2) is 5.13 Å². The molecule has 0 aliphatic heterocycles. The van der Waals surface area contributed by atoms with E-state index in [1.165, 1.54) is 11.3 Å². The van der Waals surface area contributed by atoms with E-state index >= 15 is 0 Å². The smallest absolute Gasteiger partial charge is 0.225 e. The molecule has 0 N–H and O–H groups in total. The zero-order chi connectivity index (χ0) is 13.1. The molecule has 0 atom stereocenters. The molecule has 0 unspecified atom stereocenters. The van der Waals surface area contributed by atoms with Crippen molar-refractivity contribution < 1.29 is 4.79 Å². The van der Waals surface area contributed by atoms with Gasteiger partial charge in [-0.3, -0.25) is 9.69 Å². The zero-order valence-electron chi connectivity index (χ0n) is 10.2. The largest absolute Gasteiger partial charge is 0.289 e. The highest BCUT2D eigenvalue weighted by Gasteiger charge is 2.13. The van der Waals surface area contributed by atoms with Crippen molar-refractivity contribution in [1.82, 2.24) is 4.98 Å². The summed E-state index contributed by atoms with van der Waals surface area (Å²) in [6.07, 6.45) is 0. The molecule has 1 aromatic heterocycles. The molecule has 0 fully saturated rings. The second-order valence-electron chi connectivity index (χ2n) is 3.79. The monoisotopic (exact) mass is 324 g/mol.